The van der Waals surface area contributed by atoms with Gasteiger partial charge in [0.25, 0.3) is 0 Å². The van der Waals surface area contributed by atoms with Gasteiger partial charge in [-0.1, -0.05) is 17.7 Å². The van der Waals surface area contributed by atoms with Gasteiger partial charge in [-0.15, -0.1) is 0 Å². The molecule has 0 fully saturated rings. The summed E-state index contributed by atoms with van der Waals surface area (Å²) in [7, 11) is 0. The van der Waals surface area contributed by atoms with E-state index in [-0.39, 0.29) is 12.2 Å². The molecule has 2 heterocycles. The summed E-state index contributed by atoms with van der Waals surface area (Å²) in [6.45, 7) is 1.88. The van der Waals surface area contributed by atoms with Gasteiger partial charge in [0.2, 0.25) is 5.43 Å². The monoisotopic (exact) mass is 316 g/mol. The number of para-hydroxylation sites is 1. The first kappa shape index (κ1) is 14.4. The van der Waals surface area contributed by atoms with Crippen molar-refractivity contribution in [1.82, 2.24) is 9.97 Å². The van der Waals surface area contributed by atoms with Crippen molar-refractivity contribution >= 4 is 28.5 Å². The fourth-order valence-electron chi connectivity index (χ4n) is 2.36. The average Bonchev–Trinajstić information content (AvgIpc) is 3.02. The third-order valence-electron chi connectivity index (χ3n) is 3.33. The molecule has 2 N–H and O–H groups in total. The molecule has 5 nitrogen and oxygen atoms in total. The number of hydrogen-bond acceptors (Lipinski definition) is 3. The molecular formula is C16H13ClN2O3. The van der Waals surface area contributed by atoms with Crippen molar-refractivity contribution in [1.29, 1.82) is 0 Å². The van der Waals surface area contributed by atoms with Gasteiger partial charge in [0, 0.05) is 11.6 Å². The lowest BCUT2D eigenvalue weighted by Gasteiger charge is -2.10. The Morgan fingerprint density at radius 3 is 2.77 bits per heavy atom. The van der Waals surface area contributed by atoms with Crippen LogP contribution in [0.1, 0.15) is 17.3 Å². The lowest BCUT2D eigenvalue weighted by atomic mass is 10.1. The molecule has 3 rings (SSSR count). The van der Waals surface area contributed by atoms with Crippen molar-refractivity contribution in [2.75, 3.05) is 6.61 Å². The topological polar surface area (TPSA) is 75.0 Å². The summed E-state index contributed by atoms with van der Waals surface area (Å²) in [5.74, 6) is -0.657. The largest absolute Gasteiger partial charge is 0.462 e. The molecule has 0 saturated carbocycles. The smallest absolute Gasteiger partial charge is 0.344 e. The van der Waals surface area contributed by atoms with E-state index in [1.54, 1.807) is 43.5 Å². The van der Waals surface area contributed by atoms with E-state index in [1.807, 2.05) is 0 Å². The van der Waals surface area contributed by atoms with Gasteiger partial charge in [0.1, 0.15) is 5.56 Å². The van der Waals surface area contributed by atoms with Crippen molar-refractivity contribution in [2.45, 2.75) is 6.92 Å². The molecule has 0 radical (unpaired) electrons. The van der Waals surface area contributed by atoms with Crippen LogP contribution < -0.4 is 5.43 Å². The van der Waals surface area contributed by atoms with E-state index in [4.69, 9.17) is 16.3 Å². The second kappa shape index (κ2) is 5.69. The minimum Gasteiger partial charge on any atom is -0.462 e. The molecule has 2 aromatic heterocycles. The number of nitrogens with one attached hydrogen (secondary N) is 2. The Morgan fingerprint density at radius 1 is 1.27 bits per heavy atom. The molecule has 1 aromatic carbocycles. The zero-order chi connectivity index (χ0) is 15.7. The molecule has 0 unspecified atom stereocenters. The van der Waals surface area contributed by atoms with Gasteiger partial charge in [-0.2, -0.15) is 0 Å². The van der Waals surface area contributed by atoms with Crippen LogP contribution in [0.4, 0.5) is 0 Å². The predicted octanol–water partition coefficient (Wildman–Crippen LogP) is 3.35. The van der Waals surface area contributed by atoms with Crippen LogP contribution in [0.3, 0.4) is 0 Å². The van der Waals surface area contributed by atoms with E-state index >= 15 is 0 Å². The van der Waals surface area contributed by atoms with Crippen LogP contribution in [0.5, 0.6) is 0 Å². The number of aromatic amines is 2. The van der Waals surface area contributed by atoms with Crippen LogP contribution in [0, 0.1) is 0 Å². The molecule has 6 heteroatoms. The lowest BCUT2D eigenvalue weighted by molar-refractivity contribution is 0.0525. The summed E-state index contributed by atoms with van der Waals surface area (Å²) < 4.78 is 5.02. The lowest BCUT2D eigenvalue weighted by Crippen LogP contribution is -2.20. The molecule has 3 aromatic rings. The summed E-state index contributed by atoms with van der Waals surface area (Å²) in [6, 6.07) is 8.52. The third-order valence-corrected chi connectivity index (χ3v) is 3.65. The molecule has 22 heavy (non-hydrogen) atoms. The highest BCUT2D eigenvalue weighted by atomic mass is 35.5. The number of carbonyl (C=O) groups excluding carboxylic acids is 1. The van der Waals surface area contributed by atoms with Gasteiger partial charge >= 0.3 is 5.97 Å². The third kappa shape index (κ3) is 2.29. The molecule has 0 bridgehead atoms. The zero-order valence-electron chi connectivity index (χ0n) is 11.8. The van der Waals surface area contributed by atoms with Crippen molar-refractivity contribution in [3.8, 4) is 11.4 Å². The van der Waals surface area contributed by atoms with Gasteiger partial charge < -0.3 is 14.7 Å². The SMILES string of the molecule is CCOC(=O)c1c(-c2ccc[nH]2)[nH]c2c(Cl)cccc2c1=O. The second-order valence-corrected chi connectivity index (χ2v) is 5.08. The summed E-state index contributed by atoms with van der Waals surface area (Å²) in [5.41, 5.74) is 1.04. The highest BCUT2D eigenvalue weighted by Crippen LogP contribution is 2.25. The molecule has 0 amide bonds. The number of esters is 1. The minimum absolute atomic E-state index is 0.0286. The first-order valence-electron chi connectivity index (χ1n) is 6.79. The number of rotatable bonds is 3. The normalized spacial score (nSPS) is 10.8. The Kier molecular flexibility index (Phi) is 3.73. The van der Waals surface area contributed by atoms with Gasteiger partial charge in [-0.05, 0) is 31.2 Å². The van der Waals surface area contributed by atoms with E-state index in [0.717, 1.165) is 0 Å². The Morgan fingerprint density at radius 2 is 2.09 bits per heavy atom. The van der Waals surface area contributed by atoms with E-state index in [0.29, 0.717) is 27.3 Å². The van der Waals surface area contributed by atoms with Crippen molar-refractivity contribution in [3.63, 3.8) is 0 Å². The first-order valence-corrected chi connectivity index (χ1v) is 7.16. The molecule has 0 aliphatic carbocycles. The molecule has 0 spiro atoms. The molecule has 0 aliphatic heterocycles. The maximum atomic E-state index is 12.7. The summed E-state index contributed by atoms with van der Waals surface area (Å²) in [5, 5.41) is 0.767. The highest BCUT2D eigenvalue weighted by Gasteiger charge is 2.22. The van der Waals surface area contributed by atoms with Gasteiger partial charge in [-0.3, -0.25) is 4.79 Å². The number of aromatic nitrogens is 2. The number of halogens is 1. The van der Waals surface area contributed by atoms with Crippen LogP contribution in [0.2, 0.25) is 5.02 Å². The fraction of sp³-hybridized carbons (Fsp3) is 0.125. The predicted molar refractivity (Wildman–Crippen MR) is 85.3 cm³/mol. The van der Waals surface area contributed by atoms with E-state index in [2.05, 4.69) is 9.97 Å². The number of fused-ring (bicyclic) bond motifs is 1. The van der Waals surface area contributed by atoms with E-state index in [1.165, 1.54) is 0 Å². The number of ether oxygens (including phenoxy) is 1. The average molecular weight is 317 g/mol. The maximum Gasteiger partial charge on any atom is 0.344 e. The number of hydrogen-bond donors (Lipinski definition) is 2. The molecule has 0 aliphatic rings. The number of benzene rings is 1. The van der Waals surface area contributed by atoms with Crippen LogP contribution in [-0.2, 0) is 4.74 Å². The summed E-state index contributed by atoms with van der Waals surface area (Å²) in [4.78, 5) is 31.0. The van der Waals surface area contributed by atoms with Crippen molar-refractivity contribution in [3.05, 3.63) is 57.3 Å². The number of H-pyrrole nitrogens is 2. The molecule has 0 saturated heterocycles. The van der Waals surface area contributed by atoms with Crippen LogP contribution in [0.25, 0.3) is 22.3 Å². The Labute approximate surface area is 130 Å². The van der Waals surface area contributed by atoms with Crippen LogP contribution in [0.15, 0.2) is 41.3 Å². The minimum atomic E-state index is -0.657. The van der Waals surface area contributed by atoms with Crippen molar-refractivity contribution < 1.29 is 9.53 Å². The highest BCUT2D eigenvalue weighted by molar-refractivity contribution is 6.35. The number of pyridine rings is 1. The fourth-order valence-corrected chi connectivity index (χ4v) is 2.58. The van der Waals surface area contributed by atoms with Crippen molar-refractivity contribution in [2.24, 2.45) is 0 Å². The summed E-state index contributed by atoms with van der Waals surface area (Å²) in [6.07, 6.45) is 1.71. The Balaban J connectivity index is 2.40. The van der Waals surface area contributed by atoms with Gasteiger partial charge in [-0.25, -0.2) is 4.79 Å². The molecule has 112 valence electrons. The van der Waals surface area contributed by atoms with Gasteiger partial charge in [0.15, 0.2) is 0 Å². The van der Waals surface area contributed by atoms with Gasteiger partial charge in [0.05, 0.1) is 28.5 Å². The first-order chi connectivity index (χ1) is 10.6. The maximum absolute atomic E-state index is 12.7. The second-order valence-electron chi connectivity index (χ2n) is 4.67. The standard InChI is InChI=1S/C16H13ClN2O3/c1-2-22-16(21)12-14(11-7-4-8-18-11)19-13-9(15(12)20)5-3-6-10(13)17/h3-8,18H,2H2,1H3,(H,19,20). The van der Waals surface area contributed by atoms with E-state index in [9.17, 15) is 9.59 Å². The molecular weight excluding hydrogens is 304 g/mol. The quantitative estimate of drug-likeness (QED) is 0.728. The molecule has 0 atom stereocenters. The van der Waals surface area contributed by atoms with Crippen LogP contribution in [-0.4, -0.2) is 22.5 Å². The zero-order valence-corrected chi connectivity index (χ0v) is 12.5. The summed E-state index contributed by atoms with van der Waals surface area (Å²) >= 11 is 6.16. The Hall–Kier alpha value is -2.53. The Bertz CT molecular complexity index is 898. The van der Waals surface area contributed by atoms with E-state index < -0.39 is 11.4 Å². The van der Waals surface area contributed by atoms with Crippen LogP contribution >= 0.6 is 11.6 Å². The number of carbonyl (C=O) groups is 1.